The van der Waals surface area contributed by atoms with Crippen molar-refractivity contribution in [3.8, 4) is 0 Å². The minimum Gasteiger partial charge on any atom is -0.439 e. The molecule has 0 spiro atoms. The van der Waals surface area contributed by atoms with Crippen molar-refractivity contribution in [3.63, 3.8) is 0 Å². The molecule has 19 heavy (non-hydrogen) atoms. The van der Waals surface area contributed by atoms with E-state index in [1.807, 2.05) is 41.8 Å². The maximum Gasteiger partial charge on any atom is 0.225 e. The molecular formula is C14H12N2O2S. The number of hydrogen-bond donors (Lipinski definition) is 1. The third-order valence-corrected chi connectivity index (χ3v) is 3.57. The van der Waals surface area contributed by atoms with Crippen LogP contribution in [0.15, 0.2) is 46.2 Å². The first-order valence-electron chi connectivity index (χ1n) is 5.95. The van der Waals surface area contributed by atoms with E-state index in [9.17, 15) is 4.79 Å². The largest absolute Gasteiger partial charge is 0.439 e. The molecule has 0 saturated heterocycles. The lowest BCUT2D eigenvalue weighted by molar-refractivity contribution is -0.120. The maximum atomic E-state index is 11.7. The standard InChI is InChI=1S/C14H12N2O2S/c17-13(8-10-4-3-7-19-10)15-9-14-16-11-5-1-2-6-12(11)18-14/h1-7H,8-9H2,(H,15,17). The average Bonchev–Trinajstić information content (AvgIpc) is 3.04. The first kappa shape index (κ1) is 11.9. The van der Waals surface area contributed by atoms with Crippen LogP contribution in [0.1, 0.15) is 10.8 Å². The molecule has 1 amide bonds. The molecule has 1 N–H and O–H groups in total. The molecule has 0 aliphatic carbocycles. The average molecular weight is 272 g/mol. The Labute approximate surface area is 114 Å². The monoisotopic (exact) mass is 272 g/mol. The minimum absolute atomic E-state index is 0.0234. The SMILES string of the molecule is O=C(Cc1cccs1)NCc1nc2ccccc2o1. The Balaban J connectivity index is 1.61. The Morgan fingerprint density at radius 1 is 1.26 bits per heavy atom. The summed E-state index contributed by atoms with van der Waals surface area (Å²) >= 11 is 1.58. The smallest absolute Gasteiger partial charge is 0.225 e. The number of nitrogens with one attached hydrogen (secondary N) is 1. The van der Waals surface area contributed by atoms with Crippen molar-refractivity contribution in [2.75, 3.05) is 0 Å². The Hall–Kier alpha value is -2.14. The summed E-state index contributed by atoms with van der Waals surface area (Å²) < 4.78 is 5.53. The second kappa shape index (κ2) is 5.24. The van der Waals surface area contributed by atoms with E-state index in [4.69, 9.17) is 4.42 Å². The number of benzene rings is 1. The number of rotatable bonds is 4. The van der Waals surface area contributed by atoms with E-state index in [0.29, 0.717) is 18.9 Å². The third-order valence-electron chi connectivity index (χ3n) is 2.69. The molecule has 0 unspecified atom stereocenters. The second-order valence-corrected chi connectivity index (χ2v) is 5.14. The molecular weight excluding hydrogens is 260 g/mol. The molecule has 0 aliphatic rings. The number of aromatic nitrogens is 1. The highest BCUT2D eigenvalue weighted by atomic mass is 32.1. The van der Waals surface area contributed by atoms with Crippen LogP contribution in [0.5, 0.6) is 0 Å². The van der Waals surface area contributed by atoms with Crippen LogP contribution in [0.4, 0.5) is 0 Å². The van der Waals surface area contributed by atoms with Crippen LogP contribution < -0.4 is 5.32 Å². The highest BCUT2D eigenvalue weighted by Crippen LogP contribution is 2.14. The molecule has 0 atom stereocenters. The molecule has 0 saturated carbocycles. The molecule has 3 rings (SSSR count). The zero-order chi connectivity index (χ0) is 13.1. The zero-order valence-corrected chi connectivity index (χ0v) is 10.9. The van der Waals surface area contributed by atoms with Crippen LogP contribution in [0, 0.1) is 0 Å². The Kier molecular flexibility index (Phi) is 3.29. The fourth-order valence-corrected chi connectivity index (χ4v) is 2.51. The van der Waals surface area contributed by atoms with E-state index in [-0.39, 0.29) is 5.91 Å². The van der Waals surface area contributed by atoms with Crippen LogP contribution in [0.3, 0.4) is 0 Å². The van der Waals surface area contributed by atoms with Gasteiger partial charge in [0.1, 0.15) is 5.52 Å². The zero-order valence-electron chi connectivity index (χ0n) is 10.1. The van der Waals surface area contributed by atoms with E-state index in [0.717, 1.165) is 16.0 Å². The number of fused-ring (bicyclic) bond motifs is 1. The highest BCUT2D eigenvalue weighted by Gasteiger charge is 2.08. The number of hydrogen-bond acceptors (Lipinski definition) is 4. The lowest BCUT2D eigenvalue weighted by atomic mass is 10.3. The molecule has 3 aromatic rings. The molecule has 0 fully saturated rings. The van der Waals surface area contributed by atoms with Crippen molar-refractivity contribution < 1.29 is 9.21 Å². The topological polar surface area (TPSA) is 55.1 Å². The van der Waals surface area contributed by atoms with Gasteiger partial charge in [-0.05, 0) is 23.6 Å². The van der Waals surface area contributed by atoms with E-state index in [2.05, 4.69) is 10.3 Å². The van der Waals surface area contributed by atoms with Crippen molar-refractivity contribution in [1.82, 2.24) is 10.3 Å². The van der Waals surface area contributed by atoms with Gasteiger partial charge in [-0.3, -0.25) is 4.79 Å². The summed E-state index contributed by atoms with van der Waals surface area (Å²) in [5.41, 5.74) is 1.55. The number of nitrogens with zero attached hydrogens (tertiary/aromatic N) is 1. The number of carbonyl (C=O) groups is 1. The summed E-state index contributed by atoms with van der Waals surface area (Å²) in [6.07, 6.45) is 0.401. The highest BCUT2D eigenvalue weighted by molar-refractivity contribution is 7.10. The molecule has 2 heterocycles. The Morgan fingerprint density at radius 3 is 2.95 bits per heavy atom. The molecule has 0 radical (unpaired) electrons. The molecule has 4 nitrogen and oxygen atoms in total. The fraction of sp³-hybridized carbons (Fsp3) is 0.143. The van der Waals surface area contributed by atoms with E-state index >= 15 is 0 Å². The summed E-state index contributed by atoms with van der Waals surface area (Å²) in [4.78, 5) is 17.1. The summed E-state index contributed by atoms with van der Waals surface area (Å²) in [6, 6.07) is 11.4. The van der Waals surface area contributed by atoms with E-state index in [1.165, 1.54) is 0 Å². The summed E-state index contributed by atoms with van der Waals surface area (Å²) in [6.45, 7) is 0.318. The van der Waals surface area contributed by atoms with Crippen molar-refractivity contribution >= 4 is 28.3 Å². The minimum atomic E-state index is -0.0234. The Morgan fingerprint density at radius 2 is 2.16 bits per heavy atom. The van der Waals surface area contributed by atoms with Crippen LogP contribution in [0.2, 0.25) is 0 Å². The van der Waals surface area contributed by atoms with Crippen molar-refractivity contribution in [2.45, 2.75) is 13.0 Å². The van der Waals surface area contributed by atoms with Gasteiger partial charge < -0.3 is 9.73 Å². The number of carbonyl (C=O) groups excluding carboxylic acids is 1. The Bertz CT molecular complexity index is 655. The first-order valence-corrected chi connectivity index (χ1v) is 6.83. The van der Waals surface area contributed by atoms with Crippen LogP contribution >= 0.6 is 11.3 Å². The predicted octanol–water partition coefficient (Wildman–Crippen LogP) is 2.75. The summed E-state index contributed by atoms with van der Waals surface area (Å²) in [5, 5.41) is 4.77. The number of para-hydroxylation sites is 2. The van der Waals surface area contributed by atoms with Gasteiger partial charge in [0.15, 0.2) is 5.58 Å². The van der Waals surface area contributed by atoms with Gasteiger partial charge in [0.25, 0.3) is 0 Å². The van der Waals surface area contributed by atoms with Crippen molar-refractivity contribution in [2.24, 2.45) is 0 Å². The van der Waals surface area contributed by atoms with E-state index in [1.54, 1.807) is 11.3 Å². The lowest BCUT2D eigenvalue weighted by Gasteiger charge is -2.00. The van der Waals surface area contributed by atoms with E-state index < -0.39 is 0 Å². The van der Waals surface area contributed by atoms with Gasteiger partial charge in [0.05, 0.1) is 13.0 Å². The molecule has 5 heteroatoms. The molecule has 0 aliphatic heterocycles. The summed E-state index contributed by atoms with van der Waals surface area (Å²) in [7, 11) is 0. The molecule has 96 valence electrons. The number of amides is 1. The van der Waals surface area contributed by atoms with Crippen molar-refractivity contribution in [3.05, 3.63) is 52.5 Å². The molecule has 0 bridgehead atoms. The van der Waals surface area contributed by atoms with Gasteiger partial charge in [-0.15, -0.1) is 11.3 Å². The van der Waals surface area contributed by atoms with Crippen LogP contribution in [-0.2, 0) is 17.8 Å². The van der Waals surface area contributed by atoms with Crippen LogP contribution in [0.25, 0.3) is 11.1 Å². The van der Waals surface area contributed by atoms with Gasteiger partial charge in [-0.2, -0.15) is 0 Å². The predicted molar refractivity (Wildman–Crippen MR) is 73.9 cm³/mol. The van der Waals surface area contributed by atoms with Gasteiger partial charge in [0.2, 0.25) is 11.8 Å². The van der Waals surface area contributed by atoms with Gasteiger partial charge >= 0.3 is 0 Å². The lowest BCUT2D eigenvalue weighted by Crippen LogP contribution is -2.24. The maximum absolute atomic E-state index is 11.7. The summed E-state index contributed by atoms with van der Waals surface area (Å²) in [5.74, 6) is 0.505. The van der Waals surface area contributed by atoms with Crippen molar-refractivity contribution in [1.29, 1.82) is 0 Å². The van der Waals surface area contributed by atoms with Gasteiger partial charge in [-0.1, -0.05) is 18.2 Å². The number of oxazole rings is 1. The van der Waals surface area contributed by atoms with Gasteiger partial charge in [0, 0.05) is 4.88 Å². The first-order chi connectivity index (χ1) is 9.31. The normalized spacial score (nSPS) is 10.7. The quantitative estimate of drug-likeness (QED) is 0.794. The number of thiophene rings is 1. The molecule has 2 aromatic heterocycles. The fourth-order valence-electron chi connectivity index (χ4n) is 1.80. The second-order valence-electron chi connectivity index (χ2n) is 4.11. The molecule has 1 aromatic carbocycles. The third kappa shape index (κ3) is 2.82. The van der Waals surface area contributed by atoms with Gasteiger partial charge in [-0.25, -0.2) is 4.98 Å². The van der Waals surface area contributed by atoms with Crippen LogP contribution in [-0.4, -0.2) is 10.9 Å².